The summed E-state index contributed by atoms with van der Waals surface area (Å²) >= 11 is 0. The second-order valence-corrected chi connectivity index (χ2v) is 9.45. The highest BCUT2D eigenvalue weighted by atomic mass is 19.1. The number of carbonyl (C=O) groups excluding carboxylic acids is 1. The highest BCUT2D eigenvalue weighted by Crippen LogP contribution is 2.27. The number of ether oxygens (including phenoxy) is 2. The molecule has 0 atom stereocenters. The van der Waals surface area contributed by atoms with Crippen LogP contribution in [0, 0.1) is 11.6 Å². The van der Waals surface area contributed by atoms with Gasteiger partial charge in [-0.25, -0.2) is 13.6 Å². The van der Waals surface area contributed by atoms with Crippen molar-refractivity contribution in [2.24, 2.45) is 0 Å². The number of rotatable bonds is 15. The molecule has 37 heavy (non-hydrogen) atoms. The van der Waals surface area contributed by atoms with E-state index in [-0.39, 0.29) is 17.1 Å². The standard InChI is InChI=1S/C32H38F2O3/c1-3-5-7-9-11-21-36-30-20-18-27(23-29(30)34)25-14-16-26(17-15-25)32(35)37-31-19-13-24(22-28(31)33)12-10-8-6-4-2/h13-20,22-23H,3-12,21H2,1-2H3. The van der Waals surface area contributed by atoms with Crippen LogP contribution in [0.25, 0.3) is 11.1 Å². The third kappa shape index (κ3) is 8.99. The number of hydrogen-bond donors (Lipinski definition) is 0. The van der Waals surface area contributed by atoms with Crippen LogP contribution in [0.5, 0.6) is 11.5 Å². The van der Waals surface area contributed by atoms with E-state index >= 15 is 0 Å². The summed E-state index contributed by atoms with van der Waals surface area (Å²) in [6.45, 7) is 4.82. The first-order valence-corrected chi connectivity index (χ1v) is 13.5. The van der Waals surface area contributed by atoms with Gasteiger partial charge in [-0.2, -0.15) is 0 Å². The molecule has 0 saturated heterocycles. The number of halogens is 2. The average Bonchev–Trinajstić information content (AvgIpc) is 2.91. The highest BCUT2D eigenvalue weighted by Gasteiger charge is 2.13. The van der Waals surface area contributed by atoms with Gasteiger partial charge in [-0.05, 0) is 72.4 Å². The van der Waals surface area contributed by atoms with Gasteiger partial charge in [-0.3, -0.25) is 0 Å². The van der Waals surface area contributed by atoms with Crippen LogP contribution in [0.15, 0.2) is 60.7 Å². The molecule has 0 fully saturated rings. The Balaban J connectivity index is 1.55. The topological polar surface area (TPSA) is 35.5 Å². The molecule has 3 rings (SSSR count). The Bertz CT molecular complexity index is 1130. The van der Waals surface area contributed by atoms with E-state index in [1.54, 1.807) is 42.5 Å². The van der Waals surface area contributed by atoms with Gasteiger partial charge in [0.2, 0.25) is 0 Å². The lowest BCUT2D eigenvalue weighted by Crippen LogP contribution is -2.09. The van der Waals surface area contributed by atoms with E-state index in [9.17, 15) is 13.6 Å². The predicted octanol–water partition coefficient (Wildman–Crippen LogP) is 9.32. The highest BCUT2D eigenvalue weighted by molar-refractivity contribution is 5.91. The zero-order valence-electron chi connectivity index (χ0n) is 22.0. The normalized spacial score (nSPS) is 10.9. The minimum absolute atomic E-state index is 0.0885. The predicted molar refractivity (Wildman–Crippen MR) is 145 cm³/mol. The fourth-order valence-corrected chi connectivity index (χ4v) is 4.18. The molecule has 0 amide bonds. The van der Waals surface area contributed by atoms with E-state index in [0.29, 0.717) is 12.2 Å². The molecule has 3 aromatic rings. The number of aryl methyl sites for hydroxylation is 1. The maximum Gasteiger partial charge on any atom is 0.343 e. The Kier molecular flexibility index (Phi) is 11.6. The first kappa shape index (κ1) is 28.4. The molecule has 0 saturated carbocycles. The lowest BCUT2D eigenvalue weighted by molar-refractivity contribution is 0.0728. The molecular formula is C32H38F2O3. The van der Waals surface area contributed by atoms with E-state index in [2.05, 4.69) is 13.8 Å². The summed E-state index contributed by atoms with van der Waals surface area (Å²) in [7, 11) is 0. The van der Waals surface area contributed by atoms with Crippen molar-refractivity contribution < 1.29 is 23.0 Å². The lowest BCUT2D eigenvalue weighted by Gasteiger charge is -2.10. The second kappa shape index (κ2) is 15.1. The average molecular weight is 509 g/mol. The van der Waals surface area contributed by atoms with Gasteiger partial charge in [-0.1, -0.05) is 83.1 Å². The van der Waals surface area contributed by atoms with Gasteiger partial charge < -0.3 is 9.47 Å². The van der Waals surface area contributed by atoms with Crippen LogP contribution in [0.4, 0.5) is 8.78 Å². The minimum Gasteiger partial charge on any atom is -0.491 e. The van der Waals surface area contributed by atoms with Crippen LogP contribution in [0.3, 0.4) is 0 Å². The van der Waals surface area contributed by atoms with Gasteiger partial charge in [0.05, 0.1) is 12.2 Å². The fraction of sp³-hybridized carbons (Fsp3) is 0.406. The summed E-state index contributed by atoms with van der Waals surface area (Å²) in [5, 5.41) is 0. The molecule has 0 aliphatic carbocycles. The van der Waals surface area contributed by atoms with E-state index in [1.165, 1.54) is 43.9 Å². The van der Waals surface area contributed by atoms with Crippen molar-refractivity contribution in [3.05, 3.63) is 83.4 Å². The van der Waals surface area contributed by atoms with Gasteiger partial charge in [0.25, 0.3) is 0 Å². The molecule has 0 aromatic heterocycles. The Morgan fingerprint density at radius 3 is 1.97 bits per heavy atom. The van der Waals surface area contributed by atoms with Gasteiger partial charge >= 0.3 is 5.97 Å². The van der Waals surface area contributed by atoms with Gasteiger partial charge in [0, 0.05) is 0 Å². The summed E-state index contributed by atoms with van der Waals surface area (Å²) in [6.07, 6.45) is 10.8. The number of benzene rings is 3. The number of carbonyl (C=O) groups is 1. The Morgan fingerprint density at radius 1 is 0.676 bits per heavy atom. The van der Waals surface area contributed by atoms with Crippen LogP contribution >= 0.6 is 0 Å². The maximum atomic E-state index is 14.6. The quantitative estimate of drug-likeness (QED) is 0.117. The van der Waals surface area contributed by atoms with Crippen LogP contribution in [-0.2, 0) is 6.42 Å². The molecule has 0 unspecified atom stereocenters. The van der Waals surface area contributed by atoms with Crippen LogP contribution < -0.4 is 9.47 Å². The molecule has 0 aliphatic heterocycles. The van der Waals surface area contributed by atoms with E-state index < -0.39 is 17.6 Å². The summed E-state index contributed by atoms with van der Waals surface area (Å²) in [6, 6.07) is 16.2. The van der Waals surface area contributed by atoms with Crippen LogP contribution in [-0.4, -0.2) is 12.6 Å². The zero-order chi connectivity index (χ0) is 26.5. The molecule has 0 heterocycles. The Morgan fingerprint density at radius 2 is 1.30 bits per heavy atom. The van der Waals surface area contributed by atoms with Crippen molar-refractivity contribution in [1.82, 2.24) is 0 Å². The molecule has 5 heteroatoms. The van der Waals surface area contributed by atoms with E-state index in [4.69, 9.17) is 9.47 Å². The van der Waals surface area contributed by atoms with Gasteiger partial charge in [-0.15, -0.1) is 0 Å². The number of hydrogen-bond acceptors (Lipinski definition) is 3. The summed E-state index contributed by atoms with van der Waals surface area (Å²) in [5.74, 6) is -1.45. The van der Waals surface area contributed by atoms with Crippen LogP contribution in [0.2, 0.25) is 0 Å². The number of unbranched alkanes of at least 4 members (excludes halogenated alkanes) is 7. The molecule has 3 nitrogen and oxygen atoms in total. The molecular weight excluding hydrogens is 470 g/mol. The third-order valence-electron chi connectivity index (χ3n) is 6.41. The van der Waals surface area contributed by atoms with Gasteiger partial charge in [0.1, 0.15) is 0 Å². The first-order chi connectivity index (χ1) is 18.0. The summed E-state index contributed by atoms with van der Waals surface area (Å²) < 4.78 is 39.9. The molecule has 0 radical (unpaired) electrons. The number of esters is 1. The maximum absolute atomic E-state index is 14.6. The SMILES string of the molecule is CCCCCCCOc1ccc(-c2ccc(C(=O)Oc3ccc(CCCCCC)cc3F)cc2)cc1F. The second-order valence-electron chi connectivity index (χ2n) is 9.45. The first-order valence-electron chi connectivity index (χ1n) is 13.5. The zero-order valence-corrected chi connectivity index (χ0v) is 22.0. The molecule has 198 valence electrons. The lowest BCUT2D eigenvalue weighted by atomic mass is 10.0. The Labute approximate surface area is 219 Å². The van der Waals surface area contributed by atoms with Crippen molar-refractivity contribution in [3.63, 3.8) is 0 Å². The largest absolute Gasteiger partial charge is 0.491 e. The van der Waals surface area contributed by atoms with Crippen molar-refractivity contribution in [1.29, 1.82) is 0 Å². The fourth-order valence-electron chi connectivity index (χ4n) is 4.18. The molecule has 0 spiro atoms. The van der Waals surface area contributed by atoms with Gasteiger partial charge in [0.15, 0.2) is 23.1 Å². The summed E-state index contributed by atoms with van der Waals surface area (Å²) in [5.41, 5.74) is 2.61. The van der Waals surface area contributed by atoms with Crippen molar-refractivity contribution in [3.8, 4) is 22.6 Å². The van der Waals surface area contributed by atoms with Crippen molar-refractivity contribution >= 4 is 5.97 Å². The van der Waals surface area contributed by atoms with Crippen molar-refractivity contribution in [2.45, 2.75) is 78.1 Å². The Hall–Kier alpha value is -3.21. The van der Waals surface area contributed by atoms with Crippen molar-refractivity contribution in [2.75, 3.05) is 6.61 Å². The smallest absolute Gasteiger partial charge is 0.343 e. The molecule has 0 N–H and O–H groups in total. The molecule has 3 aromatic carbocycles. The molecule has 0 aliphatic rings. The van der Waals surface area contributed by atoms with E-state index in [0.717, 1.165) is 49.7 Å². The third-order valence-corrected chi connectivity index (χ3v) is 6.41. The monoisotopic (exact) mass is 508 g/mol. The summed E-state index contributed by atoms with van der Waals surface area (Å²) in [4.78, 5) is 12.6. The molecule has 0 bridgehead atoms. The minimum atomic E-state index is -0.644. The van der Waals surface area contributed by atoms with Crippen LogP contribution in [0.1, 0.15) is 87.6 Å². The van der Waals surface area contributed by atoms with E-state index in [1.807, 2.05) is 0 Å².